The van der Waals surface area contributed by atoms with E-state index in [2.05, 4.69) is 22.9 Å². The number of allylic oxidation sites excluding steroid dienone is 1. The lowest BCUT2D eigenvalue weighted by molar-refractivity contribution is 0.102. The molecular weight excluding hydrogens is 176 g/mol. The molecule has 0 unspecified atom stereocenters. The van der Waals surface area contributed by atoms with Gasteiger partial charge >= 0.3 is 0 Å². The quantitative estimate of drug-likeness (QED) is 0.691. The zero-order valence-electron chi connectivity index (χ0n) is 8.68. The monoisotopic (exact) mass is 194 g/mol. The van der Waals surface area contributed by atoms with Crippen molar-refractivity contribution in [1.29, 1.82) is 0 Å². The first-order chi connectivity index (χ1) is 6.90. The first-order valence-corrected chi connectivity index (χ1v) is 5.30. The molecule has 0 amide bonds. The van der Waals surface area contributed by atoms with Crippen LogP contribution in [0.3, 0.4) is 0 Å². The normalized spacial score (nSPS) is 27.1. The van der Waals surface area contributed by atoms with E-state index in [1.165, 1.54) is 24.1 Å². The van der Waals surface area contributed by atoms with Crippen molar-refractivity contribution in [3.8, 4) is 0 Å². The third kappa shape index (κ3) is 2.10. The van der Waals surface area contributed by atoms with Crippen molar-refractivity contribution < 1.29 is 4.74 Å². The second-order valence-corrected chi connectivity index (χ2v) is 3.82. The highest BCUT2D eigenvalue weighted by Gasteiger charge is 2.15. The lowest BCUT2D eigenvalue weighted by Crippen LogP contribution is -2.33. The molecule has 0 fully saturated rings. The van der Waals surface area contributed by atoms with E-state index >= 15 is 0 Å². The summed E-state index contributed by atoms with van der Waals surface area (Å²) in [6, 6.07) is 0. The van der Waals surface area contributed by atoms with Gasteiger partial charge in [-0.05, 0) is 24.8 Å². The molecule has 2 aliphatic heterocycles. The smallest absolute Gasteiger partial charge is 0.0778 e. The van der Waals surface area contributed by atoms with Gasteiger partial charge in [-0.25, -0.2) is 0 Å². The van der Waals surface area contributed by atoms with Crippen LogP contribution in [0.15, 0.2) is 23.5 Å². The molecule has 0 aliphatic carbocycles. The van der Waals surface area contributed by atoms with E-state index < -0.39 is 0 Å². The number of methoxy groups -OCH3 is 1. The Balaban J connectivity index is 1.98. The molecule has 0 radical (unpaired) electrons. The third-order valence-corrected chi connectivity index (χ3v) is 2.83. The molecule has 2 rings (SSSR count). The van der Waals surface area contributed by atoms with Crippen LogP contribution in [0.25, 0.3) is 0 Å². The molecule has 0 saturated heterocycles. The van der Waals surface area contributed by atoms with Crippen LogP contribution in [0.4, 0.5) is 0 Å². The first kappa shape index (κ1) is 9.59. The van der Waals surface area contributed by atoms with Crippen LogP contribution >= 0.6 is 0 Å². The zero-order valence-corrected chi connectivity index (χ0v) is 8.68. The second-order valence-electron chi connectivity index (χ2n) is 3.82. The van der Waals surface area contributed by atoms with Crippen LogP contribution in [-0.4, -0.2) is 26.3 Å². The van der Waals surface area contributed by atoms with Gasteiger partial charge in [0.15, 0.2) is 0 Å². The molecule has 78 valence electrons. The van der Waals surface area contributed by atoms with Crippen LogP contribution < -0.4 is 10.6 Å². The van der Waals surface area contributed by atoms with Gasteiger partial charge in [0, 0.05) is 32.1 Å². The lowest BCUT2D eigenvalue weighted by atomic mass is 10.0. The molecule has 0 aromatic carbocycles. The fourth-order valence-electron chi connectivity index (χ4n) is 1.91. The van der Waals surface area contributed by atoms with Crippen molar-refractivity contribution >= 4 is 0 Å². The maximum Gasteiger partial charge on any atom is 0.0778 e. The minimum absolute atomic E-state index is 0.343. The summed E-state index contributed by atoms with van der Waals surface area (Å²) < 4.78 is 5.28. The van der Waals surface area contributed by atoms with Gasteiger partial charge in [0.2, 0.25) is 0 Å². The van der Waals surface area contributed by atoms with Crippen molar-refractivity contribution in [3.63, 3.8) is 0 Å². The van der Waals surface area contributed by atoms with Gasteiger partial charge in [0.25, 0.3) is 0 Å². The predicted molar refractivity (Wildman–Crippen MR) is 56.8 cm³/mol. The number of hydrogen-bond donors (Lipinski definition) is 2. The highest BCUT2D eigenvalue weighted by atomic mass is 16.5. The third-order valence-electron chi connectivity index (χ3n) is 2.83. The molecule has 1 atom stereocenters. The maximum atomic E-state index is 5.28. The average Bonchev–Trinajstić information content (AvgIpc) is 2.30. The van der Waals surface area contributed by atoms with Crippen molar-refractivity contribution in [3.05, 3.63) is 23.5 Å². The molecule has 0 saturated carbocycles. The van der Waals surface area contributed by atoms with E-state index in [1.54, 1.807) is 7.11 Å². The van der Waals surface area contributed by atoms with Gasteiger partial charge in [0.1, 0.15) is 0 Å². The van der Waals surface area contributed by atoms with Crippen molar-refractivity contribution in [2.75, 3.05) is 20.2 Å². The van der Waals surface area contributed by atoms with E-state index in [4.69, 9.17) is 4.74 Å². The van der Waals surface area contributed by atoms with E-state index in [-0.39, 0.29) is 0 Å². The summed E-state index contributed by atoms with van der Waals surface area (Å²) in [5.41, 5.74) is 2.70. The van der Waals surface area contributed by atoms with Crippen LogP contribution in [0.2, 0.25) is 0 Å². The number of rotatable bonds is 2. The van der Waals surface area contributed by atoms with E-state index in [0.717, 1.165) is 19.5 Å². The zero-order chi connectivity index (χ0) is 9.80. The number of hydrogen-bond acceptors (Lipinski definition) is 3. The van der Waals surface area contributed by atoms with Crippen LogP contribution in [-0.2, 0) is 4.74 Å². The summed E-state index contributed by atoms with van der Waals surface area (Å²) >= 11 is 0. The van der Waals surface area contributed by atoms with Crippen LogP contribution in [0, 0.1) is 0 Å². The SMILES string of the molecule is CO[C@H]1CC=C(C2=CNCCC2)NC1. The molecule has 2 aliphatic rings. The Bertz CT molecular complexity index is 258. The minimum Gasteiger partial charge on any atom is -0.391 e. The highest BCUT2D eigenvalue weighted by molar-refractivity contribution is 5.31. The minimum atomic E-state index is 0.343. The van der Waals surface area contributed by atoms with Crippen LogP contribution in [0.5, 0.6) is 0 Å². The Labute approximate surface area is 85.2 Å². The molecule has 3 heteroatoms. The first-order valence-electron chi connectivity index (χ1n) is 5.30. The number of ether oxygens (including phenoxy) is 1. The van der Waals surface area contributed by atoms with Gasteiger partial charge in [-0.15, -0.1) is 0 Å². The Morgan fingerprint density at radius 1 is 1.50 bits per heavy atom. The second kappa shape index (κ2) is 4.51. The predicted octanol–water partition coefficient (Wildman–Crippen LogP) is 1.15. The van der Waals surface area contributed by atoms with E-state index in [9.17, 15) is 0 Å². The Morgan fingerprint density at radius 2 is 2.43 bits per heavy atom. The van der Waals surface area contributed by atoms with Gasteiger partial charge < -0.3 is 15.4 Å². The molecule has 2 N–H and O–H groups in total. The van der Waals surface area contributed by atoms with Crippen molar-refractivity contribution in [2.45, 2.75) is 25.4 Å². The fraction of sp³-hybridized carbons (Fsp3) is 0.636. The largest absolute Gasteiger partial charge is 0.391 e. The molecule has 0 aromatic heterocycles. The van der Waals surface area contributed by atoms with Gasteiger partial charge in [-0.2, -0.15) is 0 Å². The summed E-state index contributed by atoms with van der Waals surface area (Å²) in [5.74, 6) is 0. The van der Waals surface area contributed by atoms with Crippen molar-refractivity contribution in [1.82, 2.24) is 10.6 Å². The molecule has 3 nitrogen and oxygen atoms in total. The molecule has 2 heterocycles. The topological polar surface area (TPSA) is 33.3 Å². The standard InChI is InChI=1S/C11H18N2O/c1-14-10-4-5-11(13-8-10)9-3-2-6-12-7-9/h5,7,10,12-13H,2-4,6,8H2,1H3/t10-/m0/s1. The Morgan fingerprint density at radius 3 is 3.00 bits per heavy atom. The summed E-state index contributed by atoms with van der Waals surface area (Å²) in [4.78, 5) is 0. The average molecular weight is 194 g/mol. The van der Waals surface area contributed by atoms with Gasteiger partial charge in [-0.3, -0.25) is 0 Å². The Kier molecular flexibility index (Phi) is 3.09. The van der Waals surface area contributed by atoms with E-state index in [0.29, 0.717) is 6.10 Å². The van der Waals surface area contributed by atoms with E-state index in [1.807, 2.05) is 0 Å². The maximum absolute atomic E-state index is 5.28. The summed E-state index contributed by atoms with van der Waals surface area (Å²) in [6.45, 7) is 2.04. The summed E-state index contributed by atoms with van der Waals surface area (Å²) in [7, 11) is 1.77. The fourth-order valence-corrected chi connectivity index (χ4v) is 1.91. The van der Waals surface area contributed by atoms with Crippen molar-refractivity contribution in [2.24, 2.45) is 0 Å². The molecule has 0 aromatic rings. The summed E-state index contributed by atoms with van der Waals surface area (Å²) in [6.07, 6.45) is 8.17. The number of nitrogens with one attached hydrogen (secondary N) is 2. The molecule has 0 bridgehead atoms. The van der Waals surface area contributed by atoms with Crippen LogP contribution in [0.1, 0.15) is 19.3 Å². The molecule has 14 heavy (non-hydrogen) atoms. The molecule has 0 spiro atoms. The van der Waals surface area contributed by atoms with Gasteiger partial charge in [-0.1, -0.05) is 6.08 Å². The molecular formula is C11H18N2O. The lowest BCUT2D eigenvalue weighted by Gasteiger charge is -2.25. The Hall–Kier alpha value is -0.960. The van der Waals surface area contributed by atoms with Gasteiger partial charge in [0.05, 0.1) is 6.10 Å². The summed E-state index contributed by atoms with van der Waals surface area (Å²) in [5, 5.41) is 6.70. The highest BCUT2D eigenvalue weighted by Crippen LogP contribution is 2.19.